The summed E-state index contributed by atoms with van der Waals surface area (Å²) in [4.78, 5) is 37.3. The number of carboxylic acid groups (broad SMARTS) is 1. The van der Waals surface area contributed by atoms with Gasteiger partial charge >= 0.3 is 11.9 Å². The third-order valence-corrected chi connectivity index (χ3v) is 9.23. The van der Waals surface area contributed by atoms with Gasteiger partial charge in [-0.1, -0.05) is 19.8 Å². The molecular weight excluding hydrogens is 718 g/mol. The number of benzene rings is 2. The summed E-state index contributed by atoms with van der Waals surface area (Å²) in [6, 6.07) is 5.94. The Morgan fingerprint density at radius 3 is 2.50 bits per heavy atom. The molecule has 2 aliphatic rings. The standard InChI is InChI=1S/C33H39F3IN3O6/c1-2-3-6-22(46-29(43)15-14-28(41)42)7-4-5-20-8-13-27(38-17-20)33(45)18-40(19-33)32(44)23-10-11-24(34)30(36)31(23)39-26-12-9-21(37)16-25(26)35/h9-12,14-16,20,22,27,38-39,45H,2-8,13,17-19H2,1H3,(H,41,42)/b15-14+/t20?,22?,27-/m0/s1. The fourth-order valence-corrected chi connectivity index (χ4v) is 6.47. The summed E-state index contributed by atoms with van der Waals surface area (Å²) in [7, 11) is 0. The molecule has 0 spiro atoms. The van der Waals surface area contributed by atoms with Gasteiger partial charge in [-0.25, -0.2) is 22.8 Å². The highest BCUT2D eigenvalue weighted by Crippen LogP contribution is 2.35. The van der Waals surface area contributed by atoms with Crippen LogP contribution < -0.4 is 10.6 Å². The van der Waals surface area contributed by atoms with E-state index in [2.05, 4.69) is 10.6 Å². The van der Waals surface area contributed by atoms with Crippen LogP contribution in [0.25, 0.3) is 0 Å². The Morgan fingerprint density at radius 2 is 1.85 bits per heavy atom. The molecule has 2 fully saturated rings. The first-order valence-corrected chi connectivity index (χ1v) is 16.5. The van der Waals surface area contributed by atoms with E-state index < -0.39 is 46.6 Å². The number of esters is 1. The van der Waals surface area contributed by atoms with Crippen LogP contribution in [0, 0.1) is 26.9 Å². The van der Waals surface area contributed by atoms with Crippen LogP contribution in [0.4, 0.5) is 24.5 Å². The number of amides is 1. The van der Waals surface area contributed by atoms with Crippen molar-refractivity contribution in [1.29, 1.82) is 0 Å². The molecule has 13 heteroatoms. The molecule has 2 aromatic carbocycles. The molecule has 2 heterocycles. The van der Waals surface area contributed by atoms with Crippen molar-refractivity contribution >= 4 is 51.8 Å². The Morgan fingerprint density at radius 1 is 1.11 bits per heavy atom. The number of nitrogens with zero attached hydrogens (tertiary/aromatic N) is 1. The highest BCUT2D eigenvalue weighted by atomic mass is 127. The Labute approximate surface area is 279 Å². The maximum atomic E-state index is 14.8. The number of hydrogen-bond donors (Lipinski definition) is 4. The van der Waals surface area contributed by atoms with Crippen molar-refractivity contribution in [1.82, 2.24) is 10.2 Å². The lowest BCUT2D eigenvalue weighted by Crippen LogP contribution is -2.72. The number of piperidine rings is 1. The molecule has 250 valence electrons. The van der Waals surface area contributed by atoms with Gasteiger partial charge < -0.3 is 30.5 Å². The first-order chi connectivity index (χ1) is 21.9. The maximum absolute atomic E-state index is 14.8. The molecule has 0 aliphatic carbocycles. The number of carbonyl (C=O) groups is 3. The van der Waals surface area contributed by atoms with E-state index in [0.29, 0.717) is 35.3 Å². The van der Waals surface area contributed by atoms with Crippen molar-refractivity contribution in [2.24, 2.45) is 5.92 Å². The lowest BCUT2D eigenvalue weighted by Gasteiger charge is -2.52. The second-order valence-corrected chi connectivity index (χ2v) is 13.3. The third-order valence-electron chi connectivity index (χ3n) is 8.56. The molecule has 3 atom stereocenters. The fourth-order valence-electron chi connectivity index (χ4n) is 6.02. The molecule has 2 aliphatic heterocycles. The SMILES string of the molecule is CCCCC(CCCC1CC[C@@H](C2(O)CN(C(=O)c3ccc(F)c(F)c3Nc3ccc(I)cc3F)C2)NC1)OC(=O)/C=C/C(=O)O. The highest BCUT2D eigenvalue weighted by molar-refractivity contribution is 14.1. The minimum absolute atomic E-state index is 0.00525. The molecule has 2 aromatic rings. The van der Waals surface area contributed by atoms with E-state index in [1.807, 2.05) is 29.5 Å². The molecule has 4 rings (SSSR count). The molecular formula is C33H39F3IN3O6. The van der Waals surface area contributed by atoms with Gasteiger partial charge in [-0.05, 0) is 104 Å². The molecule has 46 heavy (non-hydrogen) atoms. The molecule has 0 aromatic heterocycles. The summed E-state index contributed by atoms with van der Waals surface area (Å²) in [6.07, 6.45) is 7.88. The first kappa shape index (κ1) is 35.7. The van der Waals surface area contributed by atoms with Crippen LogP contribution in [0.2, 0.25) is 0 Å². The number of hydrogen-bond acceptors (Lipinski definition) is 7. The van der Waals surface area contributed by atoms with Crippen LogP contribution in [-0.2, 0) is 14.3 Å². The Balaban J connectivity index is 1.27. The predicted molar refractivity (Wildman–Crippen MR) is 174 cm³/mol. The number of nitrogens with one attached hydrogen (secondary N) is 2. The highest BCUT2D eigenvalue weighted by Gasteiger charge is 2.50. The van der Waals surface area contributed by atoms with E-state index >= 15 is 0 Å². The van der Waals surface area contributed by atoms with E-state index in [1.165, 1.54) is 17.0 Å². The smallest absolute Gasteiger partial charge is 0.331 e. The van der Waals surface area contributed by atoms with Crippen molar-refractivity contribution in [2.75, 3.05) is 25.0 Å². The molecule has 2 unspecified atom stereocenters. The van der Waals surface area contributed by atoms with Gasteiger partial charge in [0.1, 0.15) is 17.5 Å². The summed E-state index contributed by atoms with van der Waals surface area (Å²) in [5, 5.41) is 26.0. The van der Waals surface area contributed by atoms with E-state index in [1.54, 1.807) is 6.07 Å². The van der Waals surface area contributed by atoms with Crippen LogP contribution in [0.1, 0.15) is 68.6 Å². The monoisotopic (exact) mass is 757 g/mol. The molecule has 0 radical (unpaired) electrons. The van der Waals surface area contributed by atoms with Crippen molar-refractivity contribution in [3.8, 4) is 0 Å². The Bertz CT molecular complexity index is 1440. The zero-order chi connectivity index (χ0) is 33.4. The van der Waals surface area contributed by atoms with Gasteiger partial charge in [-0.3, -0.25) is 4.79 Å². The number of carboxylic acids is 1. The van der Waals surface area contributed by atoms with Gasteiger partial charge in [0.15, 0.2) is 11.6 Å². The number of carbonyl (C=O) groups excluding carboxylic acids is 2. The average molecular weight is 758 g/mol. The summed E-state index contributed by atoms with van der Waals surface area (Å²) >= 11 is 1.92. The van der Waals surface area contributed by atoms with Crippen molar-refractivity contribution in [3.05, 3.63) is 69.1 Å². The van der Waals surface area contributed by atoms with Crippen molar-refractivity contribution < 1.29 is 42.5 Å². The lowest BCUT2D eigenvalue weighted by atomic mass is 9.78. The second-order valence-electron chi connectivity index (χ2n) is 12.0. The number of likely N-dealkylation sites (tertiary alicyclic amines) is 1. The molecule has 4 N–H and O–H groups in total. The summed E-state index contributed by atoms with van der Waals surface area (Å²) in [6.45, 7) is 2.72. The largest absolute Gasteiger partial charge is 0.478 e. The van der Waals surface area contributed by atoms with Gasteiger partial charge in [0, 0.05) is 21.8 Å². The average Bonchev–Trinajstić information content (AvgIpc) is 3.00. The van der Waals surface area contributed by atoms with E-state index in [-0.39, 0.29) is 36.5 Å². The number of anilines is 2. The summed E-state index contributed by atoms with van der Waals surface area (Å²) in [5.41, 5.74) is -1.93. The first-order valence-electron chi connectivity index (χ1n) is 15.5. The number of rotatable bonds is 14. The van der Waals surface area contributed by atoms with E-state index in [0.717, 1.165) is 56.4 Å². The number of halogens is 4. The number of β-amino-alcohol motifs (C(OH)–C–C–N with tert-alkyl or cyclic N) is 1. The van der Waals surface area contributed by atoms with E-state index in [9.17, 15) is 32.7 Å². The molecule has 0 bridgehead atoms. The van der Waals surface area contributed by atoms with Crippen LogP contribution in [0.5, 0.6) is 0 Å². The number of ether oxygens (including phenoxy) is 1. The van der Waals surface area contributed by atoms with Crippen LogP contribution in [0.15, 0.2) is 42.5 Å². The van der Waals surface area contributed by atoms with Crippen LogP contribution in [0.3, 0.4) is 0 Å². The summed E-state index contributed by atoms with van der Waals surface area (Å²) < 4.78 is 49.5. The quantitative estimate of drug-likeness (QED) is 0.106. The van der Waals surface area contributed by atoms with Gasteiger partial charge in [0.25, 0.3) is 5.91 Å². The van der Waals surface area contributed by atoms with Crippen molar-refractivity contribution in [3.63, 3.8) is 0 Å². The minimum atomic E-state index is -1.30. The van der Waals surface area contributed by atoms with E-state index in [4.69, 9.17) is 9.84 Å². The molecule has 2 saturated heterocycles. The zero-order valence-corrected chi connectivity index (χ0v) is 27.7. The molecule has 1 amide bonds. The van der Waals surface area contributed by atoms with Crippen LogP contribution in [-0.4, -0.2) is 70.3 Å². The fraction of sp³-hybridized carbons (Fsp3) is 0.485. The van der Waals surface area contributed by atoms with Gasteiger partial charge in [-0.2, -0.15) is 0 Å². The Kier molecular flexibility index (Phi) is 12.5. The second kappa shape index (κ2) is 16.1. The van der Waals surface area contributed by atoms with Gasteiger partial charge in [0.05, 0.1) is 30.0 Å². The maximum Gasteiger partial charge on any atom is 0.331 e. The number of aliphatic carboxylic acids is 1. The molecule has 9 nitrogen and oxygen atoms in total. The molecule has 0 saturated carbocycles. The Hall–Kier alpha value is -3.17. The predicted octanol–water partition coefficient (Wildman–Crippen LogP) is 5.92. The lowest BCUT2D eigenvalue weighted by molar-refractivity contribution is -0.144. The third kappa shape index (κ3) is 9.22. The minimum Gasteiger partial charge on any atom is -0.478 e. The normalized spacial score (nSPS) is 19.8. The topological polar surface area (TPSA) is 128 Å². The van der Waals surface area contributed by atoms with Crippen LogP contribution >= 0.6 is 22.6 Å². The number of aliphatic hydroxyl groups is 1. The van der Waals surface area contributed by atoms with Gasteiger partial charge in [0.2, 0.25) is 0 Å². The van der Waals surface area contributed by atoms with Gasteiger partial charge in [-0.15, -0.1) is 0 Å². The zero-order valence-electron chi connectivity index (χ0n) is 25.5. The van der Waals surface area contributed by atoms with Crippen molar-refractivity contribution in [2.45, 2.75) is 76.0 Å². The number of unbranched alkanes of at least 4 members (excludes halogenated alkanes) is 1. The summed E-state index contributed by atoms with van der Waals surface area (Å²) in [5.74, 6) is -5.30.